The summed E-state index contributed by atoms with van der Waals surface area (Å²) >= 11 is 0. The van der Waals surface area contributed by atoms with E-state index >= 15 is 0 Å². The molecule has 0 unspecified atom stereocenters. The van der Waals surface area contributed by atoms with Crippen LogP contribution in [0.25, 0.3) is 0 Å². The minimum atomic E-state index is -1.54. The highest BCUT2D eigenvalue weighted by atomic mass is 16.5. The molecule has 0 bridgehead atoms. The summed E-state index contributed by atoms with van der Waals surface area (Å²) in [6.07, 6.45) is 1.66. The first-order valence-electron chi connectivity index (χ1n) is 11.5. The van der Waals surface area contributed by atoms with Crippen LogP contribution in [0.5, 0.6) is 5.75 Å². The number of ether oxygens (including phenoxy) is 1. The monoisotopic (exact) mass is 482 g/mol. The second-order valence-electron chi connectivity index (χ2n) is 9.01. The molecule has 0 aliphatic heterocycles. The largest absolute Gasteiger partial charge is 0.481 e. The van der Waals surface area contributed by atoms with Crippen LogP contribution in [0.3, 0.4) is 0 Å². The summed E-state index contributed by atoms with van der Waals surface area (Å²) in [7, 11) is 0. The topological polar surface area (TPSA) is 142 Å². The number of anilines is 1. The predicted octanol–water partition coefficient (Wildman–Crippen LogP) is 3.22. The van der Waals surface area contributed by atoms with Gasteiger partial charge in [0.15, 0.2) is 5.60 Å². The van der Waals surface area contributed by atoms with Crippen LogP contribution >= 0.6 is 0 Å². The minimum absolute atomic E-state index is 0.159. The highest BCUT2D eigenvalue weighted by molar-refractivity contribution is 5.93. The Bertz CT molecular complexity index is 1080. The van der Waals surface area contributed by atoms with Gasteiger partial charge in [0.25, 0.3) is 5.91 Å². The summed E-state index contributed by atoms with van der Waals surface area (Å²) in [4.78, 5) is 47.7. The Kier molecular flexibility index (Phi) is 8.11. The number of amides is 2. The van der Waals surface area contributed by atoms with Gasteiger partial charge in [-0.1, -0.05) is 18.2 Å². The van der Waals surface area contributed by atoms with E-state index in [1.54, 1.807) is 24.3 Å². The van der Waals surface area contributed by atoms with Gasteiger partial charge >= 0.3 is 11.9 Å². The van der Waals surface area contributed by atoms with Gasteiger partial charge in [-0.2, -0.15) is 0 Å². The average molecular weight is 483 g/mol. The lowest BCUT2D eigenvalue weighted by molar-refractivity contribution is -0.149. The third-order valence-corrected chi connectivity index (χ3v) is 5.91. The van der Waals surface area contributed by atoms with Gasteiger partial charge in [-0.15, -0.1) is 0 Å². The molecule has 9 nitrogen and oxygen atoms in total. The van der Waals surface area contributed by atoms with Crippen LogP contribution in [0.15, 0.2) is 42.5 Å². The van der Waals surface area contributed by atoms with Crippen LogP contribution in [0.2, 0.25) is 0 Å². The zero-order valence-corrected chi connectivity index (χ0v) is 19.8. The van der Waals surface area contributed by atoms with E-state index in [1.807, 2.05) is 32.0 Å². The number of nitrogens with one attached hydrogen (secondary N) is 2. The number of aliphatic carboxylic acids is 2. The Morgan fingerprint density at radius 1 is 0.971 bits per heavy atom. The molecule has 0 radical (unpaired) electrons. The van der Waals surface area contributed by atoms with Gasteiger partial charge in [-0.25, -0.2) is 4.79 Å². The van der Waals surface area contributed by atoms with Crippen molar-refractivity contribution in [1.82, 2.24) is 5.32 Å². The molecular weight excluding hydrogens is 452 g/mol. The zero-order valence-electron chi connectivity index (χ0n) is 19.8. The normalized spacial score (nSPS) is 15.1. The van der Waals surface area contributed by atoms with E-state index in [0.29, 0.717) is 18.6 Å². The quantitative estimate of drug-likeness (QED) is 0.407. The number of rotatable bonds is 10. The number of carboxylic acids is 2. The first-order valence-corrected chi connectivity index (χ1v) is 11.5. The molecular formula is C26H30N2O7. The molecule has 4 N–H and O–H groups in total. The lowest BCUT2D eigenvalue weighted by atomic mass is 9.99. The van der Waals surface area contributed by atoms with E-state index in [0.717, 1.165) is 35.2 Å². The van der Waals surface area contributed by atoms with E-state index in [4.69, 9.17) is 9.84 Å². The molecule has 2 aromatic carbocycles. The van der Waals surface area contributed by atoms with E-state index in [-0.39, 0.29) is 12.3 Å². The zero-order chi connectivity index (χ0) is 25.6. The summed E-state index contributed by atoms with van der Waals surface area (Å²) < 4.78 is 6.04. The Hall–Kier alpha value is -3.88. The van der Waals surface area contributed by atoms with Crippen LogP contribution in [-0.2, 0) is 25.6 Å². The lowest BCUT2D eigenvalue weighted by Crippen LogP contribution is -2.54. The Balaban J connectivity index is 1.65. The summed E-state index contributed by atoms with van der Waals surface area (Å²) in [5.41, 5.74) is 2.35. The van der Waals surface area contributed by atoms with Gasteiger partial charge < -0.3 is 25.6 Å². The smallest absolute Gasteiger partial charge is 0.326 e. The van der Waals surface area contributed by atoms with Crippen molar-refractivity contribution in [2.24, 2.45) is 0 Å². The molecule has 1 saturated carbocycles. The molecule has 0 heterocycles. The van der Waals surface area contributed by atoms with Crippen molar-refractivity contribution in [2.75, 3.05) is 5.32 Å². The van der Waals surface area contributed by atoms with Crippen molar-refractivity contribution < 1.29 is 34.1 Å². The van der Waals surface area contributed by atoms with Crippen LogP contribution < -0.4 is 15.4 Å². The standard InChI is InChI=1S/C26H30N2O7/c1-16-11-17(2)13-19(12-16)27-22(29)14-18-5-7-20(8-6-18)35-26(9-3-4-10-26)25(34)28-21(24(32)33)15-23(30)31/h5-8,11-13,21H,3-4,9-10,14-15H2,1-2H3,(H,27,29)(H,28,34)(H,30,31)(H,32,33)/t21-/m1/s1. The Morgan fingerprint density at radius 3 is 2.11 bits per heavy atom. The second kappa shape index (κ2) is 11.0. The van der Waals surface area contributed by atoms with E-state index in [9.17, 15) is 24.3 Å². The third-order valence-electron chi connectivity index (χ3n) is 5.91. The molecule has 0 spiro atoms. The molecule has 9 heteroatoms. The SMILES string of the molecule is Cc1cc(C)cc(NC(=O)Cc2ccc(OC3(C(=O)N[C@H](CC(=O)O)C(=O)O)CCCC3)cc2)c1. The highest BCUT2D eigenvalue weighted by Gasteiger charge is 2.45. The van der Waals surface area contributed by atoms with Crippen molar-refractivity contribution >= 4 is 29.4 Å². The fourth-order valence-electron chi connectivity index (χ4n) is 4.32. The third kappa shape index (κ3) is 7.05. The summed E-state index contributed by atoms with van der Waals surface area (Å²) in [5.74, 6) is -3.13. The van der Waals surface area contributed by atoms with Gasteiger partial charge in [0.2, 0.25) is 5.91 Å². The maximum atomic E-state index is 13.0. The number of carboxylic acid groups (broad SMARTS) is 2. The molecule has 1 aliphatic rings. The molecule has 2 amide bonds. The van der Waals surface area contributed by atoms with Crippen LogP contribution in [0.1, 0.15) is 48.8 Å². The van der Waals surface area contributed by atoms with Crippen LogP contribution in [0, 0.1) is 13.8 Å². The van der Waals surface area contributed by atoms with Gasteiger partial charge in [0, 0.05) is 5.69 Å². The molecule has 1 atom stereocenters. The van der Waals surface area contributed by atoms with Gasteiger partial charge in [0.05, 0.1) is 12.8 Å². The minimum Gasteiger partial charge on any atom is -0.481 e. The lowest BCUT2D eigenvalue weighted by Gasteiger charge is -2.30. The molecule has 0 aromatic heterocycles. The first-order chi connectivity index (χ1) is 16.6. The number of carbonyl (C=O) groups is 4. The predicted molar refractivity (Wildman–Crippen MR) is 128 cm³/mol. The van der Waals surface area contributed by atoms with Crippen molar-refractivity contribution in [2.45, 2.75) is 64.0 Å². The van der Waals surface area contributed by atoms with Crippen molar-refractivity contribution in [3.05, 3.63) is 59.2 Å². The van der Waals surface area contributed by atoms with Crippen molar-refractivity contribution in [3.8, 4) is 5.75 Å². The van der Waals surface area contributed by atoms with Gasteiger partial charge in [0.1, 0.15) is 11.8 Å². The van der Waals surface area contributed by atoms with Crippen molar-refractivity contribution in [1.29, 1.82) is 0 Å². The molecule has 3 rings (SSSR count). The summed E-state index contributed by atoms with van der Waals surface area (Å²) in [6, 6.07) is 11.1. The maximum absolute atomic E-state index is 13.0. The average Bonchev–Trinajstić information content (AvgIpc) is 3.23. The second-order valence-corrected chi connectivity index (χ2v) is 9.01. The van der Waals surface area contributed by atoms with E-state index in [2.05, 4.69) is 10.6 Å². The van der Waals surface area contributed by atoms with Crippen molar-refractivity contribution in [3.63, 3.8) is 0 Å². The number of hydrogen-bond acceptors (Lipinski definition) is 5. The summed E-state index contributed by atoms with van der Waals surface area (Å²) in [5, 5.41) is 23.4. The van der Waals surface area contributed by atoms with Crippen LogP contribution in [0.4, 0.5) is 5.69 Å². The Labute approximate surface area is 203 Å². The number of carbonyl (C=O) groups excluding carboxylic acids is 2. The number of hydrogen-bond donors (Lipinski definition) is 4. The van der Waals surface area contributed by atoms with E-state index in [1.165, 1.54) is 0 Å². The van der Waals surface area contributed by atoms with E-state index < -0.39 is 35.9 Å². The maximum Gasteiger partial charge on any atom is 0.326 e. The molecule has 35 heavy (non-hydrogen) atoms. The fraction of sp³-hybridized carbons (Fsp3) is 0.385. The molecule has 186 valence electrons. The van der Waals surface area contributed by atoms with Gasteiger partial charge in [-0.05, 0) is 80.5 Å². The first kappa shape index (κ1) is 25.7. The molecule has 2 aromatic rings. The highest BCUT2D eigenvalue weighted by Crippen LogP contribution is 2.35. The van der Waals surface area contributed by atoms with Crippen LogP contribution in [-0.4, -0.2) is 45.6 Å². The molecule has 1 fully saturated rings. The molecule has 1 aliphatic carbocycles. The number of aryl methyl sites for hydroxylation is 2. The molecule has 0 saturated heterocycles. The van der Waals surface area contributed by atoms with Gasteiger partial charge in [-0.3, -0.25) is 14.4 Å². The Morgan fingerprint density at radius 2 is 1.57 bits per heavy atom. The fourth-order valence-corrected chi connectivity index (χ4v) is 4.32. The summed E-state index contributed by atoms with van der Waals surface area (Å²) in [6.45, 7) is 3.93. The number of benzene rings is 2.